The summed E-state index contributed by atoms with van der Waals surface area (Å²) in [5.41, 5.74) is 0.312. The molecular weight excluding hydrogens is 228 g/mol. The molecule has 0 aromatic rings. The summed E-state index contributed by atoms with van der Waals surface area (Å²) in [6.45, 7) is 6.70. The van der Waals surface area contributed by atoms with Crippen LogP contribution >= 0.6 is 0 Å². The van der Waals surface area contributed by atoms with Gasteiger partial charge >= 0.3 is 0 Å². The van der Waals surface area contributed by atoms with Crippen molar-refractivity contribution in [1.82, 2.24) is 10.6 Å². The van der Waals surface area contributed by atoms with Gasteiger partial charge in [0.2, 0.25) is 5.91 Å². The zero-order valence-corrected chi connectivity index (χ0v) is 11.5. The normalized spacial score (nSPS) is 27.2. The molecule has 2 aliphatic rings. The molecule has 1 saturated carbocycles. The minimum absolute atomic E-state index is 0.202. The van der Waals surface area contributed by atoms with Crippen LogP contribution in [-0.4, -0.2) is 36.8 Å². The van der Waals surface area contributed by atoms with Crippen molar-refractivity contribution in [3.63, 3.8) is 0 Å². The summed E-state index contributed by atoms with van der Waals surface area (Å²) in [7, 11) is 0. The molecule has 1 spiro atoms. The summed E-state index contributed by atoms with van der Waals surface area (Å²) in [5.74, 6) is 0.697. The van der Waals surface area contributed by atoms with Crippen LogP contribution in [0.5, 0.6) is 0 Å². The molecule has 1 aliphatic heterocycles. The van der Waals surface area contributed by atoms with Gasteiger partial charge in [-0.05, 0) is 50.1 Å². The molecule has 4 heteroatoms. The van der Waals surface area contributed by atoms with Crippen molar-refractivity contribution in [3.05, 3.63) is 0 Å². The van der Waals surface area contributed by atoms with Gasteiger partial charge in [-0.1, -0.05) is 13.8 Å². The Labute approximate surface area is 110 Å². The Bertz CT molecular complexity index is 298. The Kier molecular flexibility index (Phi) is 4.28. The first kappa shape index (κ1) is 13.8. The quantitative estimate of drug-likeness (QED) is 0.683. The van der Waals surface area contributed by atoms with Crippen molar-refractivity contribution in [3.8, 4) is 0 Å². The third-order valence-electron chi connectivity index (χ3n) is 4.61. The van der Waals surface area contributed by atoms with Crippen LogP contribution in [0.1, 0.15) is 39.5 Å². The first-order valence-electron chi connectivity index (χ1n) is 7.22. The van der Waals surface area contributed by atoms with E-state index in [9.17, 15) is 9.90 Å². The third-order valence-corrected chi connectivity index (χ3v) is 4.61. The number of carbonyl (C=O) groups excluding carboxylic acids is 1. The lowest BCUT2D eigenvalue weighted by Gasteiger charge is -2.23. The molecule has 2 atom stereocenters. The molecule has 2 rings (SSSR count). The SMILES string of the molecule is CC(C)C(O)CCNC(=O)C1CC12CCNCC2. The number of rotatable bonds is 5. The van der Waals surface area contributed by atoms with Crippen LogP contribution in [0.2, 0.25) is 0 Å². The fourth-order valence-electron chi connectivity index (χ4n) is 3.00. The van der Waals surface area contributed by atoms with E-state index in [1.807, 2.05) is 13.8 Å². The molecule has 0 radical (unpaired) electrons. The average molecular weight is 254 g/mol. The Morgan fingerprint density at radius 2 is 2.11 bits per heavy atom. The van der Waals surface area contributed by atoms with Crippen LogP contribution in [0.25, 0.3) is 0 Å². The highest BCUT2D eigenvalue weighted by molar-refractivity contribution is 5.82. The van der Waals surface area contributed by atoms with E-state index in [1.54, 1.807) is 0 Å². The van der Waals surface area contributed by atoms with Crippen LogP contribution in [-0.2, 0) is 4.79 Å². The number of piperidine rings is 1. The van der Waals surface area contributed by atoms with Crippen molar-refractivity contribution in [2.24, 2.45) is 17.3 Å². The van der Waals surface area contributed by atoms with Crippen LogP contribution < -0.4 is 10.6 Å². The van der Waals surface area contributed by atoms with E-state index in [-0.39, 0.29) is 23.8 Å². The monoisotopic (exact) mass is 254 g/mol. The summed E-state index contributed by atoms with van der Waals surface area (Å²) in [6, 6.07) is 0. The van der Waals surface area contributed by atoms with Gasteiger partial charge in [0.15, 0.2) is 0 Å². The molecule has 0 aromatic carbocycles. The molecule has 0 aromatic heterocycles. The number of hydrogen-bond acceptors (Lipinski definition) is 3. The van der Waals surface area contributed by atoms with Gasteiger partial charge in [0.25, 0.3) is 0 Å². The largest absolute Gasteiger partial charge is 0.393 e. The van der Waals surface area contributed by atoms with Crippen molar-refractivity contribution >= 4 is 5.91 Å². The number of nitrogens with one attached hydrogen (secondary N) is 2. The van der Waals surface area contributed by atoms with Gasteiger partial charge in [-0.25, -0.2) is 0 Å². The molecule has 1 amide bonds. The zero-order chi connectivity index (χ0) is 13.2. The predicted octanol–water partition coefficient (Wildman–Crippen LogP) is 0.899. The van der Waals surface area contributed by atoms with E-state index >= 15 is 0 Å². The predicted molar refractivity (Wildman–Crippen MR) is 71.1 cm³/mol. The van der Waals surface area contributed by atoms with E-state index in [2.05, 4.69) is 10.6 Å². The van der Waals surface area contributed by atoms with Crippen molar-refractivity contribution in [1.29, 1.82) is 0 Å². The molecule has 2 unspecified atom stereocenters. The van der Waals surface area contributed by atoms with Crippen LogP contribution in [0, 0.1) is 17.3 Å². The third kappa shape index (κ3) is 3.04. The van der Waals surface area contributed by atoms with Crippen LogP contribution in [0.4, 0.5) is 0 Å². The highest BCUT2D eigenvalue weighted by Gasteiger charge is 2.57. The van der Waals surface area contributed by atoms with Gasteiger partial charge in [0.1, 0.15) is 0 Å². The Morgan fingerprint density at radius 1 is 1.44 bits per heavy atom. The van der Waals surface area contributed by atoms with E-state index < -0.39 is 0 Å². The van der Waals surface area contributed by atoms with Gasteiger partial charge in [-0.3, -0.25) is 4.79 Å². The average Bonchev–Trinajstić information content (AvgIpc) is 3.03. The second kappa shape index (κ2) is 5.57. The van der Waals surface area contributed by atoms with Crippen LogP contribution in [0.3, 0.4) is 0 Å². The lowest BCUT2D eigenvalue weighted by Crippen LogP contribution is -2.34. The maximum atomic E-state index is 12.0. The van der Waals surface area contributed by atoms with Crippen molar-refractivity contribution in [2.75, 3.05) is 19.6 Å². The minimum Gasteiger partial charge on any atom is -0.393 e. The summed E-state index contributed by atoms with van der Waals surface area (Å²) in [6.07, 6.45) is 3.69. The topological polar surface area (TPSA) is 61.4 Å². The molecule has 18 heavy (non-hydrogen) atoms. The lowest BCUT2D eigenvalue weighted by molar-refractivity contribution is -0.123. The molecule has 1 heterocycles. The number of aliphatic hydroxyl groups is 1. The summed E-state index contributed by atoms with van der Waals surface area (Å²) >= 11 is 0. The van der Waals surface area contributed by atoms with Crippen molar-refractivity contribution < 1.29 is 9.90 Å². The smallest absolute Gasteiger partial charge is 0.223 e. The van der Waals surface area contributed by atoms with Gasteiger partial charge < -0.3 is 15.7 Å². The van der Waals surface area contributed by atoms with Gasteiger partial charge in [0.05, 0.1) is 6.10 Å². The fourth-order valence-corrected chi connectivity index (χ4v) is 3.00. The Morgan fingerprint density at radius 3 is 2.72 bits per heavy atom. The lowest BCUT2D eigenvalue weighted by atomic mass is 9.92. The summed E-state index contributed by atoms with van der Waals surface area (Å²) in [4.78, 5) is 12.0. The van der Waals surface area contributed by atoms with Crippen molar-refractivity contribution in [2.45, 2.75) is 45.6 Å². The number of carbonyl (C=O) groups is 1. The van der Waals surface area contributed by atoms with Gasteiger partial charge in [-0.15, -0.1) is 0 Å². The minimum atomic E-state index is -0.308. The fraction of sp³-hybridized carbons (Fsp3) is 0.929. The molecule has 3 N–H and O–H groups in total. The first-order valence-corrected chi connectivity index (χ1v) is 7.22. The van der Waals surface area contributed by atoms with Gasteiger partial charge in [-0.2, -0.15) is 0 Å². The second-order valence-corrected chi connectivity index (χ2v) is 6.26. The molecule has 1 aliphatic carbocycles. The maximum absolute atomic E-state index is 12.0. The van der Waals surface area contributed by atoms with E-state index in [0.717, 1.165) is 32.4 Å². The van der Waals surface area contributed by atoms with Gasteiger partial charge in [0, 0.05) is 12.5 Å². The van der Waals surface area contributed by atoms with Crippen LogP contribution in [0.15, 0.2) is 0 Å². The molecule has 4 nitrogen and oxygen atoms in total. The molecule has 0 bridgehead atoms. The number of aliphatic hydroxyl groups excluding tert-OH is 1. The first-order chi connectivity index (χ1) is 8.55. The Hall–Kier alpha value is -0.610. The second-order valence-electron chi connectivity index (χ2n) is 6.26. The summed E-state index contributed by atoms with van der Waals surface area (Å²) < 4.78 is 0. The highest BCUT2D eigenvalue weighted by atomic mass is 16.3. The zero-order valence-electron chi connectivity index (χ0n) is 11.5. The highest BCUT2D eigenvalue weighted by Crippen LogP contribution is 2.58. The van der Waals surface area contributed by atoms with E-state index in [0.29, 0.717) is 18.4 Å². The molecule has 1 saturated heterocycles. The Balaban J connectivity index is 1.67. The number of hydrogen-bond donors (Lipinski definition) is 3. The summed E-state index contributed by atoms with van der Waals surface area (Å²) in [5, 5.41) is 16.0. The molecule has 104 valence electrons. The van der Waals surface area contributed by atoms with E-state index in [1.165, 1.54) is 0 Å². The standard InChI is InChI=1S/C14H26N2O2/c1-10(2)12(17)3-6-16-13(18)11-9-14(11)4-7-15-8-5-14/h10-12,15,17H,3-9H2,1-2H3,(H,16,18). The molecule has 2 fully saturated rings. The maximum Gasteiger partial charge on any atom is 0.223 e. The van der Waals surface area contributed by atoms with E-state index in [4.69, 9.17) is 0 Å². The molecular formula is C14H26N2O2. The number of amides is 1.